The maximum absolute atomic E-state index is 12.7. The van der Waals surface area contributed by atoms with Crippen molar-refractivity contribution in [2.24, 2.45) is 5.92 Å². The minimum atomic E-state index is -3.36. The minimum Gasteiger partial charge on any atom is -0.341 e. The number of sulfonamides is 1. The molecule has 140 valence electrons. The molecule has 0 radical (unpaired) electrons. The van der Waals surface area contributed by atoms with Crippen molar-refractivity contribution in [2.75, 3.05) is 26.2 Å². The highest BCUT2D eigenvalue weighted by molar-refractivity contribution is 7.90. The number of likely N-dealkylation sites (tertiary alicyclic amines) is 1. The zero-order chi connectivity index (χ0) is 16.3. The van der Waals surface area contributed by atoms with Gasteiger partial charge in [-0.25, -0.2) is 13.1 Å². The number of nitrogens with zero attached hydrogens (tertiary/aromatic N) is 1. The summed E-state index contributed by atoms with van der Waals surface area (Å²) >= 11 is 0. The normalized spacial score (nSPS) is 29.2. The summed E-state index contributed by atoms with van der Waals surface area (Å²) in [5.41, 5.74) is 0. The Labute approximate surface area is 151 Å². The molecule has 0 aromatic rings. The molecule has 24 heavy (non-hydrogen) atoms. The maximum atomic E-state index is 12.7. The van der Waals surface area contributed by atoms with Gasteiger partial charge in [0, 0.05) is 31.6 Å². The van der Waals surface area contributed by atoms with E-state index in [-0.39, 0.29) is 30.3 Å². The van der Waals surface area contributed by atoms with Crippen LogP contribution in [0.1, 0.15) is 51.4 Å². The highest BCUT2D eigenvalue weighted by Crippen LogP contribution is 2.28. The van der Waals surface area contributed by atoms with E-state index in [2.05, 4.69) is 10.0 Å². The Morgan fingerprint density at radius 2 is 1.79 bits per heavy atom. The summed E-state index contributed by atoms with van der Waals surface area (Å²) in [6.45, 7) is 2.75. The third-order valence-electron chi connectivity index (χ3n) is 5.46. The monoisotopic (exact) mass is 379 g/mol. The van der Waals surface area contributed by atoms with Gasteiger partial charge in [0.05, 0.1) is 5.25 Å². The lowest BCUT2D eigenvalue weighted by molar-refractivity contribution is -0.136. The van der Waals surface area contributed by atoms with Crippen LogP contribution in [0.4, 0.5) is 0 Å². The molecule has 1 amide bonds. The van der Waals surface area contributed by atoms with Gasteiger partial charge >= 0.3 is 0 Å². The summed E-state index contributed by atoms with van der Waals surface area (Å²) in [5.74, 6) is 0.314. The molecule has 3 rings (SSSR count). The van der Waals surface area contributed by atoms with Crippen LogP contribution in [0.3, 0.4) is 0 Å². The molecule has 0 aromatic heterocycles. The smallest absolute Gasteiger partial charge is 0.225 e. The van der Waals surface area contributed by atoms with Crippen LogP contribution in [0.15, 0.2) is 0 Å². The van der Waals surface area contributed by atoms with Crippen molar-refractivity contribution in [3.8, 4) is 0 Å². The molecule has 2 atom stereocenters. The van der Waals surface area contributed by atoms with Gasteiger partial charge in [-0.1, -0.05) is 12.8 Å². The molecule has 1 saturated carbocycles. The molecule has 2 heterocycles. The van der Waals surface area contributed by atoms with E-state index in [1.807, 2.05) is 4.90 Å². The minimum absolute atomic E-state index is 0. The Balaban J connectivity index is 0.00000208. The van der Waals surface area contributed by atoms with Gasteiger partial charge in [-0.2, -0.15) is 0 Å². The largest absolute Gasteiger partial charge is 0.341 e. The SMILES string of the molecule is Cl.O=C(C1CCCC1)N1CCCC(S(=O)(=O)N[C@H]2CCCNC2)C1. The first-order valence-electron chi connectivity index (χ1n) is 9.07. The lowest BCUT2D eigenvalue weighted by Crippen LogP contribution is -2.53. The lowest BCUT2D eigenvalue weighted by Gasteiger charge is -2.35. The van der Waals surface area contributed by atoms with Crippen LogP contribution in [0, 0.1) is 5.92 Å². The highest BCUT2D eigenvalue weighted by atomic mass is 35.5. The van der Waals surface area contributed by atoms with E-state index in [0.717, 1.165) is 51.5 Å². The summed E-state index contributed by atoms with van der Waals surface area (Å²) in [6.07, 6.45) is 7.53. The molecule has 3 fully saturated rings. The van der Waals surface area contributed by atoms with Crippen molar-refractivity contribution in [3.05, 3.63) is 0 Å². The van der Waals surface area contributed by atoms with Crippen LogP contribution in [0.25, 0.3) is 0 Å². The third-order valence-corrected chi connectivity index (χ3v) is 7.39. The molecule has 2 N–H and O–H groups in total. The summed E-state index contributed by atoms with van der Waals surface area (Å²) in [4.78, 5) is 14.4. The van der Waals surface area contributed by atoms with E-state index in [0.29, 0.717) is 26.1 Å². The Morgan fingerprint density at radius 3 is 2.46 bits per heavy atom. The average Bonchev–Trinajstić information content (AvgIpc) is 3.09. The Morgan fingerprint density at radius 1 is 1.04 bits per heavy atom. The van der Waals surface area contributed by atoms with Crippen LogP contribution >= 0.6 is 12.4 Å². The first-order valence-corrected chi connectivity index (χ1v) is 10.6. The van der Waals surface area contributed by atoms with Crippen molar-refractivity contribution in [2.45, 2.75) is 62.7 Å². The molecule has 1 aliphatic carbocycles. The average molecular weight is 380 g/mol. The molecule has 3 aliphatic rings. The standard InChI is InChI=1S/C16H29N3O3S.ClH/c20-16(13-5-1-2-6-13)19-10-4-8-15(12-19)23(21,22)18-14-7-3-9-17-11-14;/h13-15,17-18H,1-12H2;1H/t14-,15?;/m0./s1. The van der Waals surface area contributed by atoms with E-state index < -0.39 is 15.3 Å². The molecular weight excluding hydrogens is 350 g/mol. The summed E-state index contributed by atoms with van der Waals surface area (Å²) in [6, 6.07) is -0.00494. The fourth-order valence-corrected chi connectivity index (χ4v) is 5.81. The number of hydrogen-bond acceptors (Lipinski definition) is 4. The summed E-state index contributed by atoms with van der Waals surface area (Å²) in [5, 5.41) is 2.78. The number of hydrogen-bond donors (Lipinski definition) is 2. The van der Waals surface area contributed by atoms with E-state index in [1.165, 1.54) is 0 Å². The number of carbonyl (C=O) groups excluding carboxylic acids is 1. The molecule has 8 heteroatoms. The van der Waals surface area contributed by atoms with Gasteiger partial charge in [0.25, 0.3) is 0 Å². The van der Waals surface area contributed by atoms with Crippen LogP contribution in [-0.2, 0) is 14.8 Å². The Kier molecular flexibility index (Phi) is 7.34. The molecule has 0 spiro atoms. The molecule has 2 saturated heterocycles. The first-order chi connectivity index (χ1) is 11.1. The second kappa shape index (κ2) is 8.83. The Bertz CT molecular complexity index is 517. The van der Waals surface area contributed by atoms with Gasteiger partial charge in [-0.15, -0.1) is 12.4 Å². The number of halogens is 1. The Hall–Kier alpha value is -0.370. The number of amides is 1. The third kappa shape index (κ3) is 4.84. The van der Waals surface area contributed by atoms with Gasteiger partial charge in [0.15, 0.2) is 0 Å². The van der Waals surface area contributed by atoms with Crippen molar-refractivity contribution in [1.82, 2.24) is 14.9 Å². The van der Waals surface area contributed by atoms with Crippen LogP contribution < -0.4 is 10.0 Å². The zero-order valence-electron chi connectivity index (χ0n) is 14.2. The lowest BCUT2D eigenvalue weighted by atomic mass is 10.0. The van der Waals surface area contributed by atoms with Crippen molar-refractivity contribution >= 4 is 28.3 Å². The molecule has 0 aromatic carbocycles. The van der Waals surface area contributed by atoms with E-state index in [1.54, 1.807) is 0 Å². The number of rotatable bonds is 4. The van der Waals surface area contributed by atoms with Gasteiger partial charge in [-0.05, 0) is 45.1 Å². The van der Waals surface area contributed by atoms with Crippen molar-refractivity contribution < 1.29 is 13.2 Å². The topological polar surface area (TPSA) is 78.5 Å². The first kappa shape index (κ1) is 19.9. The molecule has 0 bridgehead atoms. The molecule has 2 aliphatic heterocycles. The molecule has 1 unspecified atom stereocenters. The van der Waals surface area contributed by atoms with Gasteiger partial charge in [0.1, 0.15) is 0 Å². The highest BCUT2D eigenvalue weighted by Gasteiger charge is 2.36. The fourth-order valence-electron chi connectivity index (χ4n) is 4.10. The van der Waals surface area contributed by atoms with Gasteiger partial charge < -0.3 is 10.2 Å². The van der Waals surface area contributed by atoms with E-state index in [4.69, 9.17) is 0 Å². The second-order valence-electron chi connectivity index (χ2n) is 7.24. The van der Waals surface area contributed by atoms with Gasteiger partial charge in [0.2, 0.25) is 15.9 Å². The van der Waals surface area contributed by atoms with Crippen LogP contribution in [0.5, 0.6) is 0 Å². The quantitative estimate of drug-likeness (QED) is 0.770. The molecular formula is C16H30ClN3O3S. The summed E-state index contributed by atoms with van der Waals surface area (Å²) in [7, 11) is -3.36. The molecule has 6 nitrogen and oxygen atoms in total. The number of nitrogens with one attached hydrogen (secondary N) is 2. The van der Waals surface area contributed by atoms with E-state index in [9.17, 15) is 13.2 Å². The zero-order valence-corrected chi connectivity index (χ0v) is 15.8. The van der Waals surface area contributed by atoms with Crippen molar-refractivity contribution in [3.63, 3.8) is 0 Å². The predicted octanol–water partition coefficient (Wildman–Crippen LogP) is 1.26. The predicted molar refractivity (Wildman–Crippen MR) is 96.8 cm³/mol. The van der Waals surface area contributed by atoms with Crippen molar-refractivity contribution in [1.29, 1.82) is 0 Å². The van der Waals surface area contributed by atoms with Crippen LogP contribution in [0.2, 0.25) is 0 Å². The second-order valence-corrected chi connectivity index (χ2v) is 9.23. The van der Waals surface area contributed by atoms with E-state index >= 15 is 0 Å². The van der Waals surface area contributed by atoms with Gasteiger partial charge in [-0.3, -0.25) is 4.79 Å². The number of carbonyl (C=O) groups is 1. The summed E-state index contributed by atoms with van der Waals surface area (Å²) < 4.78 is 28.2. The maximum Gasteiger partial charge on any atom is 0.225 e. The number of piperidine rings is 2. The van der Waals surface area contributed by atoms with Crippen LogP contribution in [-0.4, -0.2) is 56.7 Å². The fraction of sp³-hybridized carbons (Fsp3) is 0.938.